The molecule has 0 saturated carbocycles. The quantitative estimate of drug-likeness (QED) is 0.0304. The summed E-state index contributed by atoms with van der Waals surface area (Å²) in [6.45, 7) is 3.90. The minimum atomic E-state index is -1.66. The third-order valence-electron chi connectivity index (χ3n) is 12.0. The maximum atomic E-state index is 13.1. The molecule has 1 saturated heterocycles. The zero-order valence-corrected chi connectivity index (χ0v) is 35.9. The molecule has 7 N–H and O–H groups in total. The molecule has 9 nitrogen and oxygen atoms in total. The molecular weight excluding hydrogens is 695 g/mol. The number of carbonyl (C=O) groups excluding carboxylic acids is 1. The molecule has 1 aliphatic heterocycles. The summed E-state index contributed by atoms with van der Waals surface area (Å²) in [6, 6.07) is -1.13. The minimum Gasteiger partial charge on any atom is -0.394 e. The van der Waals surface area contributed by atoms with Crippen LogP contribution >= 0.6 is 0 Å². The highest BCUT2D eigenvalue weighted by Crippen LogP contribution is 2.26. The van der Waals surface area contributed by atoms with Crippen LogP contribution in [0.15, 0.2) is 0 Å². The third kappa shape index (κ3) is 26.0. The smallest absolute Gasteiger partial charge is 0.220 e. The fourth-order valence-corrected chi connectivity index (χ4v) is 8.20. The summed E-state index contributed by atoms with van der Waals surface area (Å²) >= 11 is 0. The second-order valence-electron chi connectivity index (χ2n) is 17.1. The number of amides is 1. The molecule has 1 heterocycles. The van der Waals surface area contributed by atoms with Crippen LogP contribution in [-0.2, 0) is 9.53 Å². The number of nitrogens with one attached hydrogen (secondary N) is 1. The van der Waals surface area contributed by atoms with E-state index in [1.807, 2.05) is 0 Å². The zero-order chi connectivity index (χ0) is 40.4. The summed E-state index contributed by atoms with van der Waals surface area (Å²) in [5, 5.41) is 66.3. The van der Waals surface area contributed by atoms with Gasteiger partial charge in [-0.1, -0.05) is 213 Å². The molecule has 1 amide bonds. The predicted molar refractivity (Wildman–Crippen MR) is 226 cm³/mol. The molecule has 8 atom stereocenters. The van der Waals surface area contributed by atoms with Crippen molar-refractivity contribution in [2.45, 2.75) is 281 Å². The predicted octanol–water partition coefficient (Wildman–Crippen LogP) is 9.34. The van der Waals surface area contributed by atoms with E-state index in [0.717, 1.165) is 44.9 Å². The second kappa shape index (κ2) is 36.3. The number of ether oxygens (including phenoxy) is 1. The molecule has 1 aliphatic rings. The highest BCUT2D eigenvalue weighted by Gasteiger charge is 2.48. The first-order chi connectivity index (χ1) is 26.8. The Bertz CT molecular complexity index is 847. The molecule has 328 valence electrons. The van der Waals surface area contributed by atoms with Gasteiger partial charge in [-0.15, -0.1) is 0 Å². The summed E-state index contributed by atoms with van der Waals surface area (Å²) in [5.41, 5.74) is 0. The van der Waals surface area contributed by atoms with Crippen LogP contribution in [0.2, 0.25) is 0 Å². The average Bonchev–Trinajstić information content (AvgIpc) is 3.18. The lowest BCUT2D eigenvalue weighted by Crippen LogP contribution is -2.66. The van der Waals surface area contributed by atoms with Gasteiger partial charge in [0.15, 0.2) is 0 Å². The Morgan fingerprint density at radius 1 is 0.509 bits per heavy atom. The number of hydrogen-bond donors (Lipinski definition) is 7. The molecule has 0 bridgehead atoms. The first-order valence-corrected chi connectivity index (χ1v) is 23.7. The number of aliphatic hydroxyl groups excluding tert-OH is 6. The van der Waals surface area contributed by atoms with Gasteiger partial charge in [0, 0.05) is 6.42 Å². The molecule has 9 heteroatoms. The van der Waals surface area contributed by atoms with E-state index in [1.165, 1.54) is 154 Å². The van der Waals surface area contributed by atoms with Crippen molar-refractivity contribution in [2.24, 2.45) is 0 Å². The van der Waals surface area contributed by atoms with E-state index < -0.39 is 55.4 Å². The van der Waals surface area contributed by atoms with Gasteiger partial charge < -0.3 is 40.7 Å². The van der Waals surface area contributed by atoms with Gasteiger partial charge in [0.2, 0.25) is 5.91 Å². The first-order valence-electron chi connectivity index (χ1n) is 23.7. The van der Waals surface area contributed by atoms with Gasteiger partial charge in [0.25, 0.3) is 0 Å². The molecule has 1 fully saturated rings. The lowest BCUT2D eigenvalue weighted by Gasteiger charge is -2.44. The Morgan fingerprint density at radius 2 is 0.855 bits per heavy atom. The van der Waals surface area contributed by atoms with Crippen LogP contribution in [0.25, 0.3) is 0 Å². The van der Waals surface area contributed by atoms with Crippen molar-refractivity contribution in [1.29, 1.82) is 0 Å². The van der Waals surface area contributed by atoms with E-state index in [2.05, 4.69) is 19.2 Å². The lowest BCUT2D eigenvalue weighted by atomic mass is 9.87. The van der Waals surface area contributed by atoms with Crippen LogP contribution in [-0.4, -0.2) is 91.9 Å². The number of rotatable bonds is 39. The topological polar surface area (TPSA) is 160 Å². The fourth-order valence-electron chi connectivity index (χ4n) is 8.20. The average molecular weight is 786 g/mol. The van der Waals surface area contributed by atoms with Crippen molar-refractivity contribution < 1.29 is 40.2 Å². The van der Waals surface area contributed by atoms with Gasteiger partial charge in [-0.05, 0) is 12.8 Å². The van der Waals surface area contributed by atoms with Crippen molar-refractivity contribution in [3.05, 3.63) is 0 Å². The molecule has 1 rings (SSSR count). The molecule has 55 heavy (non-hydrogen) atoms. The summed E-state index contributed by atoms with van der Waals surface area (Å²) < 4.78 is 5.61. The van der Waals surface area contributed by atoms with Crippen molar-refractivity contribution in [3.8, 4) is 0 Å². The Hall–Kier alpha value is -0.810. The van der Waals surface area contributed by atoms with Crippen LogP contribution < -0.4 is 5.32 Å². The Labute approximate surface area is 338 Å². The van der Waals surface area contributed by atoms with E-state index in [0.29, 0.717) is 12.8 Å². The van der Waals surface area contributed by atoms with Crippen molar-refractivity contribution in [1.82, 2.24) is 5.32 Å². The lowest BCUT2D eigenvalue weighted by molar-refractivity contribution is -0.253. The fraction of sp³-hybridized carbons (Fsp3) is 0.978. The minimum absolute atomic E-state index is 0.266. The van der Waals surface area contributed by atoms with E-state index in [9.17, 15) is 35.4 Å². The maximum Gasteiger partial charge on any atom is 0.220 e. The molecule has 1 unspecified atom stereocenters. The van der Waals surface area contributed by atoms with Crippen molar-refractivity contribution in [3.63, 3.8) is 0 Å². The molecule has 0 aliphatic carbocycles. The van der Waals surface area contributed by atoms with Gasteiger partial charge in [-0.3, -0.25) is 4.79 Å². The van der Waals surface area contributed by atoms with Gasteiger partial charge in [0.05, 0.1) is 18.8 Å². The van der Waals surface area contributed by atoms with Gasteiger partial charge in [-0.2, -0.15) is 0 Å². The van der Waals surface area contributed by atoms with Gasteiger partial charge in [-0.25, -0.2) is 0 Å². The van der Waals surface area contributed by atoms with E-state index in [1.54, 1.807) is 0 Å². The molecule has 0 radical (unpaired) electrons. The summed E-state index contributed by atoms with van der Waals surface area (Å²) in [5.74, 6) is -0.287. The number of carbonyl (C=O) groups is 1. The van der Waals surface area contributed by atoms with E-state index in [4.69, 9.17) is 4.74 Å². The summed E-state index contributed by atoms with van der Waals surface area (Å²) in [4.78, 5) is 13.1. The number of unbranched alkanes of at least 4 members (excludes halogenated alkanes) is 30. The van der Waals surface area contributed by atoms with Crippen molar-refractivity contribution in [2.75, 3.05) is 6.61 Å². The molecule has 0 spiro atoms. The highest BCUT2D eigenvalue weighted by atomic mass is 16.6. The third-order valence-corrected chi connectivity index (χ3v) is 12.0. The van der Waals surface area contributed by atoms with Crippen LogP contribution in [0.4, 0.5) is 0 Å². The maximum absolute atomic E-state index is 13.1. The molecule has 0 aromatic heterocycles. The summed E-state index contributed by atoms with van der Waals surface area (Å²) in [6.07, 6.45) is 30.4. The van der Waals surface area contributed by atoms with Crippen molar-refractivity contribution >= 4 is 5.91 Å². The van der Waals surface area contributed by atoms with Crippen LogP contribution in [0.3, 0.4) is 0 Å². The van der Waals surface area contributed by atoms with Gasteiger partial charge in [0.1, 0.15) is 36.6 Å². The SMILES string of the molecule is CCCCCCCCCCCCCCCCCCCCCC(=O)N[C@@H](C(O)[C@@H]1O[C@H](CO)[C@H](O)[C@H](O)[C@H]1O)[C@H](O)CCCCCCCCCCCCCCC. The summed E-state index contributed by atoms with van der Waals surface area (Å²) in [7, 11) is 0. The van der Waals surface area contributed by atoms with Gasteiger partial charge >= 0.3 is 0 Å². The normalized spacial score (nSPS) is 21.8. The number of aliphatic hydroxyl groups is 6. The first kappa shape index (κ1) is 52.2. The molecular formula is C46H91NO8. The van der Waals surface area contributed by atoms with Crippen LogP contribution in [0.5, 0.6) is 0 Å². The molecule has 0 aromatic carbocycles. The van der Waals surface area contributed by atoms with E-state index >= 15 is 0 Å². The van der Waals surface area contributed by atoms with Crippen LogP contribution in [0, 0.1) is 0 Å². The van der Waals surface area contributed by atoms with E-state index in [-0.39, 0.29) is 12.3 Å². The monoisotopic (exact) mass is 786 g/mol. The zero-order valence-electron chi connectivity index (χ0n) is 35.9. The van der Waals surface area contributed by atoms with Crippen LogP contribution in [0.1, 0.15) is 232 Å². The Kier molecular flexibility index (Phi) is 34.4. The highest BCUT2D eigenvalue weighted by molar-refractivity contribution is 5.76. The number of hydrogen-bond acceptors (Lipinski definition) is 8. The second-order valence-corrected chi connectivity index (χ2v) is 17.1. The standard InChI is InChI=1S/C46H91NO8/c1-3-5-7-9-11-13-15-17-18-19-20-21-22-24-26-28-30-32-34-36-40(50)47-41(43(52)46-45(54)44(53)42(51)39(37-48)55-46)38(49)35-33-31-29-27-25-23-16-14-12-10-8-6-4-2/h38-39,41-46,48-49,51-54H,3-37H2,1-2H3,(H,47,50)/t38-,39-,41-,42+,43?,44+,45-,46+/m1/s1. The molecule has 0 aromatic rings. The Morgan fingerprint density at radius 3 is 1.22 bits per heavy atom. The Balaban J connectivity index is 2.34. The largest absolute Gasteiger partial charge is 0.394 e.